The van der Waals surface area contributed by atoms with Crippen molar-refractivity contribution in [3.8, 4) is 11.3 Å². The zero-order valence-corrected chi connectivity index (χ0v) is 12.1. The standard InChI is InChI=1S/C15H9IN2O/c16-7-8-5-6-11-13-12(8)15(19)10-4-2-1-3-9(10)14(13)18-17-11/h1-6H,7H2,(H,17,18). The molecule has 0 saturated heterocycles. The van der Waals surface area contributed by atoms with Crippen molar-refractivity contribution >= 4 is 39.3 Å². The molecule has 0 bridgehead atoms. The molecule has 0 unspecified atom stereocenters. The minimum absolute atomic E-state index is 0.113. The number of hydrogen-bond donors (Lipinski definition) is 1. The molecule has 3 aromatic rings. The number of alkyl halides is 1. The maximum Gasteiger partial charge on any atom is 0.194 e. The molecule has 4 heteroatoms. The fourth-order valence-electron chi connectivity index (χ4n) is 2.74. The van der Waals surface area contributed by atoms with E-state index in [0.717, 1.165) is 43.3 Å². The van der Waals surface area contributed by atoms with Crippen molar-refractivity contribution in [3.05, 3.63) is 53.1 Å². The van der Waals surface area contributed by atoms with Crippen LogP contribution in [0.4, 0.5) is 0 Å². The lowest BCUT2D eigenvalue weighted by molar-refractivity contribution is 0.103. The molecule has 0 saturated carbocycles. The molecular formula is C15H9IN2O. The molecule has 0 radical (unpaired) electrons. The normalized spacial score (nSPS) is 12.8. The van der Waals surface area contributed by atoms with E-state index in [-0.39, 0.29) is 5.78 Å². The lowest BCUT2D eigenvalue weighted by atomic mass is 9.85. The summed E-state index contributed by atoms with van der Waals surface area (Å²) in [6, 6.07) is 11.7. The van der Waals surface area contributed by atoms with Gasteiger partial charge in [0.25, 0.3) is 0 Å². The van der Waals surface area contributed by atoms with E-state index < -0.39 is 0 Å². The highest BCUT2D eigenvalue weighted by Gasteiger charge is 2.28. The van der Waals surface area contributed by atoms with Crippen LogP contribution in [-0.2, 0) is 4.43 Å². The number of aromatic amines is 1. The van der Waals surface area contributed by atoms with Gasteiger partial charge in [0.05, 0.1) is 5.52 Å². The Kier molecular flexibility index (Phi) is 2.29. The molecular weight excluding hydrogens is 351 g/mol. The van der Waals surface area contributed by atoms with E-state index >= 15 is 0 Å². The highest BCUT2D eigenvalue weighted by Crippen LogP contribution is 2.39. The molecule has 92 valence electrons. The number of H-pyrrole nitrogens is 1. The van der Waals surface area contributed by atoms with Crippen LogP contribution in [0.5, 0.6) is 0 Å². The lowest BCUT2D eigenvalue weighted by Crippen LogP contribution is -2.11. The Labute approximate surface area is 123 Å². The Morgan fingerprint density at radius 1 is 1.11 bits per heavy atom. The molecule has 0 amide bonds. The van der Waals surface area contributed by atoms with E-state index in [4.69, 9.17) is 0 Å². The summed E-state index contributed by atoms with van der Waals surface area (Å²) in [5, 5.41) is 8.40. The van der Waals surface area contributed by atoms with Gasteiger partial charge in [-0.3, -0.25) is 9.89 Å². The molecule has 3 nitrogen and oxygen atoms in total. The summed E-state index contributed by atoms with van der Waals surface area (Å²) in [6.45, 7) is 0. The topological polar surface area (TPSA) is 45.8 Å². The Balaban J connectivity index is 2.23. The van der Waals surface area contributed by atoms with E-state index in [0.29, 0.717) is 0 Å². The monoisotopic (exact) mass is 360 g/mol. The first-order valence-electron chi connectivity index (χ1n) is 6.01. The maximum absolute atomic E-state index is 12.7. The van der Waals surface area contributed by atoms with Crippen LogP contribution in [0.2, 0.25) is 0 Å². The summed E-state index contributed by atoms with van der Waals surface area (Å²) in [6.07, 6.45) is 0. The SMILES string of the molecule is O=C1c2ccccc2-c2n[nH]c3ccc(CI)c1c23. The molecule has 1 aromatic heterocycles. The Bertz CT molecular complexity index is 835. The fraction of sp³-hybridized carbons (Fsp3) is 0.0667. The maximum atomic E-state index is 12.7. The lowest BCUT2D eigenvalue weighted by Gasteiger charge is -2.16. The van der Waals surface area contributed by atoms with Gasteiger partial charge < -0.3 is 0 Å². The highest BCUT2D eigenvalue weighted by molar-refractivity contribution is 14.1. The summed E-state index contributed by atoms with van der Waals surface area (Å²) in [5.74, 6) is 0.113. The number of ketones is 1. The van der Waals surface area contributed by atoms with Crippen molar-refractivity contribution in [3.63, 3.8) is 0 Å². The molecule has 1 N–H and O–H groups in total. The van der Waals surface area contributed by atoms with Gasteiger partial charge in [-0.15, -0.1) is 0 Å². The van der Waals surface area contributed by atoms with Crippen molar-refractivity contribution in [1.82, 2.24) is 10.2 Å². The van der Waals surface area contributed by atoms with Crippen LogP contribution < -0.4 is 0 Å². The van der Waals surface area contributed by atoms with E-state index in [2.05, 4.69) is 32.8 Å². The second kappa shape index (κ2) is 3.90. The molecule has 1 aliphatic rings. The van der Waals surface area contributed by atoms with Crippen LogP contribution in [0.25, 0.3) is 22.2 Å². The van der Waals surface area contributed by atoms with Crippen LogP contribution in [-0.4, -0.2) is 16.0 Å². The molecule has 2 aromatic carbocycles. The second-order valence-electron chi connectivity index (χ2n) is 4.60. The van der Waals surface area contributed by atoms with Gasteiger partial charge in [-0.2, -0.15) is 5.10 Å². The van der Waals surface area contributed by atoms with E-state index in [1.165, 1.54) is 0 Å². The van der Waals surface area contributed by atoms with Crippen molar-refractivity contribution in [2.75, 3.05) is 0 Å². The summed E-state index contributed by atoms with van der Waals surface area (Å²) in [5.41, 5.74) is 5.40. The molecule has 0 spiro atoms. The van der Waals surface area contributed by atoms with Crippen LogP contribution in [0.3, 0.4) is 0 Å². The first-order chi connectivity index (χ1) is 9.31. The molecule has 1 aliphatic carbocycles. The van der Waals surface area contributed by atoms with Gasteiger partial charge in [-0.1, -0.05) is 52.9 Å². The Morgan fingerprint density at radius 2 is 1.89 bits per heavy atom. The first-order valence-corrected chi connectivity index (χ1v) is 7.54. The van der Waals surface area contributed by atoms with E-state index in [9.17, 15) is 4.79 Å². The quantitative estimate of drug-likeness (QED) is 0.416. The van der Waals surface area contributed by atoms with Gasteiger partial charge in [0.15, 0.2) is 5.78 Å². The third-order valence-corrected chi connectivity index (χ3v) is 4.44. The average molecular weight is 360 g/mol. The Morgan fingerprint density at radius 3 is 2.68 bits per heavy atom. The predicted molar refractivity (Wildman–Crippen MR) is 82.7 cm³/mol. The number of nitrogens with one attached hydrogen (secondary N) is 1. The smallest absolute Gasteiger partial charge is 0.194 e. The molecule has 0 fully saturated rings. The number of nitrogens with zero attached hydrogens (tertiary/aromatic N) is 1. The van der Waals surface area contributed by atoms with Crippen molar-refractivity contribution in [2.24, 2.45) is 0 Å². The third-order valence-electron chi connectivity index (χ3n) is 3.61. The van der Waals surface area contributed by atoms with Gasteiger partial charge in [-0.05, 0) is 11.6 Å². The second-order valence-corrected chi connectivity index (χ2v) is 5.37. The zero-order chi connectivity index (χ0) is 13.0. The van der Waals surface area contributed by atoms with Crippen molar-refractivity contribution in [1.29, 1.82) is 0 Å². The molecule has 4 rings (SSSR count). The summed E-state index contributed by atoms with van der Waals surface area (Å²) < 4.78 is 0.821. The Hall–Kier alpha value is -1.69. The minimum Gasteiger partial charge on any atom is -0.289 e. The van der Waals surface area contributed by atoms with Gasteiger partial charge in [-0.25, -0.2) is 0 Å². The number of halogens is 1. The largest absolute Gasteiger partial charge is 0.289 e. The van der Waals surface area contributed by atoms with E-state index in [1.54, 1.807) is 0 Å². The van der Waals surface area contributed by atoms with Crippen LogP contribution in [0.1, 0.15) is 21.5 Å². The summed E-state index contributed by atoms with van der Waals surface area (Å²) >= 11 is 2.30. The number of fused-ring (bicyclic) bond motifs is 2. The molecule has 19 heavy (non-hydrogen) atoms. The van der Waals surface area contributed by atoms with E-state index in [1.807, 2.05) is 36.4 Å². The number of rotatable bonds is 1. The van der Waals surface area contributed by atoms with Crippen molar-refractivity contribution in [2.45, 2.75) is 4.43 Å². The molecule has 0 atom stereocenters. The molecule has 1 heterocycles. The van der Waals surface area contributed by atoms with Crippen LogP contribution in [0.15, 0.2) is 36.4 Å². The summed E-state index contributed by atoms with van der Waals surface area (Å²) in [7, 11) is 0. The minimum atomic E-state index is 0.113. The zero-order valence-electron chi connectivity index (χ0n) is 9.90. The number of carbonyl (C=O) groups is 1. The first kappa shape index (κ1) is 11.2. The van der Waals surface area contributed by atoms with Gasteiger partial charge in [0.1, 0.15) is 5.69 Å². The number of benzene rings is 2. The van der Waals surface area contributed by atoms with Crippen molar-refractivity contribution < 1.29 is 4.79 Å². The van der Waals surface area contributed by atoms with Crippen LogP contribution in [0, 0.1) is 0 Å². The van der Waals surface area contributed by atoms with Gasteiger partial charge in [0, 0.05) is 26.5 Å². The molecule has 0 aliphatic heterocycles. The van der Waals surface area contributed by atoms with Gasteiger partial charge >= 0.3 is 0 Å². The predicted octanol–water partition coefficient (Wildman–Crippen LogP) is 3.71. The average Bonchev–Trinajstić information content (AvgIpc) is 2.89. The number of carbonyl (C=O) groups excluding carboxylic acids is 1. The van der Waals surface area contributed by atoms with Gasteiger partial charge in [0.2, 0.25) is 0 Å². The number of hydrogen-bond acceptors (Lipinski definition) is 2. The van der Waals surface area contributed by atoms with Crippen LogP contribution >= 0.6 is 22.6 Å². The third kappa shape index (κ3) is 1.37. The highest BCUT2D eigenvalue weighted by atomic mass is 127. The fourth-order valence-corrected chi connectivity index (χ4v) is 3.38. The number of aromatic nitrogens is 2. The summed E-state index contributed by atoms with van der Waals surface area (Å²) in [4.78, 5) is 12.7.